The summed E-state index contributed by atoms with van der Waals surface area (Å²) in [6, 6.07) is 0.726. The van der Waals surface area contributed by atoms with Gasteiger partial charge in [-0.2, -0.15) is 0 Å². The molecule has 0 aromatic heterocycles. The minimum absolute atomic E-state index is 0.219. The van der Waals surface area contributed by atoms with Gasteiger partial charge in [0, 0.05) is 18.5 Å². The molecular formula is C13H22N2O. The van der Waals surface area contributed by atoms with Gasteiger partial charge in [0.1, 0.15) is 0 Å². The average molecular weight is 222 g/mol. The van der Waals surface area contributed by atoms with E-state index in [1.807, 2.05) is 0 Å². The van der Waals surface area contributed by atoms with Crippen LogP contribution in [-0.4, -0.2) is 18.0 Å². The highest BCUT2D eigenvalue weighted by Crippen LogP contribution is 2.21. The molecule has 0 saturated heterocycles. The standard InChI is InChI=1S/C13H22N2O/c14-11-5-7-12(8-6-11)15-13(16)9-10-3-1-2-4-10/h1,3,10-12H,2,4-9,14H2,(H,15,16). The van der Waals surface area contributed by atoms with E-state index < -0.39 is 0 Å². The molecule has 2 aliphatic rings. The molecule has 2 rings (SSSR count). The molecule has 0 radical (unpaired) electrons. The highest BCUT2D eigenvalue weighted by Gasteiger charge is 2.21. The SMILES string of the molecule is NC1CCC(NC(=O)CC2C=CCC2)CC1. The van der Waals surface area contributed by atoms with Gasteiger partial charge in [0.15, 0.2) is 0 Å². The summed E-state index contributed by atoms with van der Waals surface area (Å²) in [5.74, 6) is 0.697. The summed E-state index contributed by atoms with van der Waals surface area (Å²) >= 11 is 0. The minimum Gasteiger partial charge on any atom is -0.353 e. The largest absolute Gasteiger partial charge is 0.353 e. The van der Waals surface area contributed by atoms with Gasteiger partial charge in [-0.25, -0.2) is 0 Å². The van der Waals surface area contributed by atoms with Crippen molar-refractivity contribution >= 4 is 5.91 Å². The molecule has 90 valence electrons. The Morgan fingerprint density at radius 1 is 1.25 bits per heavy atom. The van der Waals surface area contributed by atoms with Crippen LogP contribution in [-0.2, 0) is 4.79 Å². The van der Waals surface area contributed by atoms with Gasteiger partial charge in [-0.15, -0.1) is 0 Å². The molecule has 0 bridgehead atoms. The Labute approximate surface area is 97.5 Å². The van der Waals surface area contributed by atoms with E-state index in [1.54, 1.807) is 0 Å². The normalized spacial score (nSPS) is 33.9. The summed E-state index contributed by atoms with van der Waals surface area (Å²) in [5.41, 5.74) is 5.84. The Kier molecular flexibility index (Phi) is 3.99. The van der Waals surface area contributed by atoms with Crippen LogP contribution in [0.4, 0.5) is 0 Å². The van der Waals surface area contributed by atoms with Gasteiger partial charge in [0.2, 0.25) is 5.91 Å². The monoisotopic (exact) mass is 222 g/mol. The van der Waals surface area contributed by atoms with Crippen molar-refractivity contribution in [2.75, 3.05) is 0 Å². The van der Waals surface area contributed by atoms with E-state index in [9.17, 15) is 4.79 Å². The summed E-state index contributed by atoms with van der Waals surface area (Å²) in [7, 11) is 0. The summed E-state index contributed by atoms with van der Waals surface area (Å²) < 4.78 is 0. The van der Waals surface area contributed by atoms with Crippen molar-refractivity contribution in [3.63, 3.8) is 0 Å². The molecule has 1 saturated carbocycles. The Bertz CT molecular complexity index is 267. The zero-order chi connectivity index (χ0) is 11.4. The van der Waals surface area contributed by atoms with Crippen LogP contribution in [0.5, 0.6) is 0 Å². The van der Waals surface area contributed by atoms with Crippen LogP contribution in [0.1, 0.15) is 44.9 Å². The zero-order valence-corrected chi connectivity index (χ0v) is 9.82. The van der Waals surface area contributed by atoms with Crippen molar-refractivity contribution < 1.29 is 4.79 Å². The third-order valence-corrected chi connectivity index (χ3v) is 3.70. The van der Waals surface area contributed by atoms with Crippen LogP contribution in [0.3, 0.4) is 0 Å². The molecule has 2 aliphatic carbocycles. The first kappa shape index (κ1) is 11.6. The fourth-order valence-electron chi connectivity index (χ4n) is 2.65. The predicted octanol–water partition coefficient (Wildman–Crippen LogP) is 1.73. The van der Waals surface area contributed by atoms with Crippen molar-refractivity contribution in [1.82, 2.24) is 5.32 Å². The second kappa shape index (κ2) is 5.48. The van der Waals surface area contributed by atoms with E-state index >= 15 is 0 Å². The van der Waals surface area contributed by atoms with Crippen molar-refractivity contribution in [3.8, 4) is 0 Å². The van der Waals surface area contributed by atoms with Crippen LogP contribution in [0, 0.1) is 5.92 Å². The van der Waals surface area contributed by atoms with Crippen LogP contribution in [0.25, 0.3) is 0 Å². The van der Waals surface area contributed by atoms with E-state index in [1.165, 1.54) is 0 Å². The van der Waals surface area contributed by atoms with E-state index in [2.05, 4.69) is 17.5 Å². The maximum atomic E-state index is 11.8. The van der Waals surface area contributed by atoms with Gasteiger partial charge in [0.05, 0.1) is 0 Å². The molecule has 0 spiro atoms. The first-order valence-corrected chi connectivity index (χ1v) is 6.45. The topological polar surface area (TPSA) is 55.1 Å². The lowest BCUT2D eigenvalue weighted by atomic mass is 9.91. The number of nitrogens with two attached hydrogens (primary N) is 1. The number of carbonyl (C=O) groups excluding carboxylic acids is 1. The quantitative estimate of drug-likeness (QED) is 0.714. The van der Waals surface area contributed by atoms with Gasteiger partial charge in [0.25, 0.3) is 0 Å². The van der Waals surface area contributed by atoms with Gasteiger partial charge < -0.3 is 11.1 Å². The fourth-order valence-corrected chi connectivity index (χ4v) is 2.65. The lowest BCUT2D eigenvalue weighted by molar-refractivity contribution is -0.122. The molecule has 0 aromatic rings. The van der Waals surface area contributed by atoms with Gasteiger partial charge >= 0.3 is 0 Å². The Morgan fingerprint density at radius 3 is 2.62 bits per heavy atom. The Morgan fingerprint density at radius 2 is 2.00 bits per heavy atom. The molecule has 1 unspecified atom stereocenters. The van der Waals surface area contributed by atoms with Crippen LogP contribution < -0.4 is 11.1 Å². The molecule has 16 heavy (non-hydrogen) atoms. The van der Waals surface area contributed by atoms with E-state index in [4.69, 9.17) is 5.73 Å². The van der Waals surface area contributed by atoms with E-state index in [-0.39, 0.29) is 5.91 Å². The van der Waals surface area contributed by atoms with E-state index in [0.717, 1.165) is 38.5 Å². The number of nitrogens with one attached hydrogen (secondary N) is 1. The molecule has 3 N–H and O–H groups in total. The fraction of sp³-hybridized carbons (Fsp3) is 0.769. The number of allylic oxidation sites excluding steroid dienone is 2. The van der Waals surface area contributed by atoms with Crippen LogP contribution in [0.2, 0.25) is 0 Å². The van der Waals surface area contributed by atoms with Crippen LogP contribution >= 0.6 is 0 Å². The molecule has 3 nitrogen and oxygen atoms in total. The Balaban J connectivity index is 1.68. The number of rotatable bonds is 3. The van der Waals surface area contributed by atoms with Crippen molar-refractivity contribution in [3.05, 3.63) is 12.2 Å². The summed E-state index contributed by atoms with van der Waals surface area (Å²) in [6.45, 7) is 0. The molecule has 0 aliphatic heterocycles. The first-order chi connectivity index (χ1) is 7.74. The first-order valence-electron chi connectivity index (χ1n) is 6.45. The van der Waals surface area contributed by atoms with Crippen molar-refractivity contribution in [1.29, 1.82) is 0 Å². The number of hydrogen-bond acceptors (Lipinski definition) is 2. The molecule has 3 heteroatoms. The summed E-state index contributed by atoms with van der Waals surface area (Å²) in [6.07, 6.45) is 11.5. The minimum atomic E-state index is 0.219. The number of amides is 1. The molecule has 0 aromatic carbocycles. The smallest absolute Gasteiger partial charge is 0.220 e. The van der Waals surface area contributed by atoms with Gasteiger partial charge in [-0.3, -0.25) is 4.79 Å². The van der Waals surface area contributed by atoms with Gasteiger partial charge in [-0.05, 0) is 44.4 Å². The lowest BCUT2D eigenvalue weighted by Crippen LogP contribution is -2.40. The van der Waals surface area contributed by atoms with Crippen molar-refractivity contribution in [2.45, 2.75) is 57.0 Å². The maximum absolute atomic E-state index is 11.8. The third-order valence-electron chi connectivity index (χ3n) is 3.70. The number of hydrogen-bond donors (Lipinski definition) is 2. The second-order valence-corrected chi connectivity index (χ2v) is 5.15. The summed E-state index contributed by atoms with van der Waals surface area (Å²) in [4.78, 5) is 11.8. The third kappa shape index (κ3) is 3.34. The van der Waals surface area contributed by atoms with Crippen LogP contribution in [0.15, 0.2) is 12.2 Å². The van der Waals surface area contributed by atoms with Gasteiger partial charge in [-0.1, -0.05) is 12.2 Å². The summed E-state index contributed by atoms with van der Waals surface area (Å²) in [5, 5.41) is 3.14. The molecule has 1 amide bonds. The zero-order valence-electron chi connectivity index (χ0n) is 9.82. The lowest BCUT2D eigenvalue weighted by Gasteiger charge is -2.27. The molecule has 1 atom stereocenters. The molecule has 0 heterocycles. The molecule has 1 fully saturated rings. The molecular weight excluding hydrogens is 200 g/mol. The Hall–Kier alpha value is -0.830. The maximum Gasteiger partial charge on any atom is 0.220 e. The van der Waals surface area contributed by atoms with Crippen molar-refractivity contribution in [2.24, 2.45) is 11.7 Å². The van der Waals surface area contributed by atoms with E-state index in [0.29, 0.717) is 24.4 Å². The number of carbonyl (C=O) groups is 1. The highest BCUT2D eigenvalue weighted by molar-refractivity contribution is 5.76. The average Bonchev–Trinajstić information content (AvgIpc) is 2.74. The second-order valence-electron chi connectivity index (χ2n) is 5.15. The predicted molar refractivity (Wildman–Crippen MR) is 64.9 cm³/mol. The highest BCUT2D eigenvalue weighted by atomic mass is 16.1.